The number of hydrogen-bond donors (Lipinski definition) is 1. The molecule has 0 atom stereocenters. The number of H-pyrrole nitrogens is 1. The van der Waals surface area contributed by atoms with Gasteiger partial charge in [-0.1, -0.05) is 0 Å². The summed E-state index contributed by atoms with van der Waals surface area (Å²) in [6.07, 6.45) is 7.44. The van der Waals surface area contributed by atoms with Crippen LogP contribution in [0.1, 0.15) is 19.4 Å². The van der Waals surface area contributed by atoms with Crippen molar-refractivity contribution in [3.8, 4) is 28.5 Å². The number of ether oxygens (including phenoxy) is 1. The maximum atomic E-state index is 9.61. The molecule has 34 heavy (non-hydrogen) atoms. The number of pyridine rings is 2. The third-order valence-electron chi connectivity index (χ3n) is 6.14. The third kappa shape index (κ3) is 4.51. The molecule has 4 aromatic rings. The predicted molar refractivity (Wildman–Crippen MR) is 130 cm³/mol. The molecule has 5 heterocycles. The van der Waals surface area contributed by atoms with E-state index in [0.29, 0.717) is 5.56 Å². The summed E-state index contributed by atoms with van der Waals surface area (Å²) in [6.45, 7) is 9.75. The second-order valence-electron chi connectivity index (χ2n) is 8.72. The van der Waals surface area contributed by atoms with Crippen molar-refractivity contribution in [2.45, 2.75) is 20.0 Å². The monoisotopic (exact) mass is 456 g/mol. The Hall–Kier alpha value is -3.74. The Morgan fingerprint density at radius 2 is 1.97 bits per heavy atom. The van der Waals surface area contributed by atoms with Gasteiger partial charge >= 0.3 is 0 Å². The lowest BCUT2D eigenvalue weighted by Crippen LogP contribution is -2.47. The summed E-state index contributed by atoms with van der Waals surface area (Å²) < 4.78 is 7.43. The van der Waals surface area contributed by atoms with Gasteiger partial charge in [0.15, 0.2) is 0 Å². The molecule has 9 nitrogen and oxygen atoms in total. The molecule has 1 fully saturated rings. The third-order valence-corrected chi connectivity index (χ3v) is 6.14. The molecule has 1 aliphatic heterocycles. The van der Waals surface area contributed by atoms with E-state index in [1.165, 1.54) is 0 Å². The van der Waals surface area contributed by atoms with Gasteiger partial charge in [0.1, 0.15) is 11.9 Å². The van der Waals surface area contributed by atoms with E-state index in [9.17, 15) is 5.26 Å². The highest BCUT2D eigenvalue weighted by Gasteiger charge is 2.19. The van der Waals surface area contributed by atoms with Crippen LogP contribution < -0.4 is 4.90 Å². The van der Waals surface area contributed by atoms with Gasteiger partial charge in [-0.25, -0.2) is 9.50 Å². The van der Waals surface area contributed by atoms with E-state index in [4.69, 9.17) is 9.72 Å². The first kappa shape index (κ1) is 22.1. The average molecular weight is 457 g/mol. The number of hydrogen-bond acceptors (Lipinski definition) is 7. The van der Waals surface area contributed by atoms with Crippen molar-refractivity contribution in [1.82, 2.24) is 29.7 Å². The van der Waals surface area contributed by atoms with Crippen molar-refractivity contribution in [3.05, 3.63) is 54.6 Å². The van der Waals surface area contributed by atoms with Crippen LogP contribution in [0.3, 0.4) is 0 Å². The number of fused-ring (bicyclic) bond motifs is 1. The minimum atomic E-state index is 0.275. The second-order valence-corrected chi connectivity index (χ2v) is 8.72. The molecule has 0 radical (unpaired) electrons. The van der Waals surface area contributed by atoms with Gasteiger partial charge in [-0.3, -0.25) is 10.00 Å². The van der Waals surface area contributed by atoms with E-state index in [2.05, 4.69) is 57.1 Å². The Morgan fingerprint density at radius 3 is 2.65 bits per heavy atom. The number of nitrogens with zero attached hydrogens (tertiary/aromatic N) is 7. The largest absolute Gasteiger partial charge is 0.377 e. The zero-order chi connectivity index (χ0) is 23.5. The normalized spacial score (nSPS) is 14.7. The molecule has 0 amide bonds. The zero-order valence-corrected chi connectivity index (χ0v) is 19.5. The van der Waals surface area contributed by atoms with Gasteiger partial charge < -0.3 is 9.64 Å². The first-order valence-corrected chi connectivity index (χ1v) is 11.6. The molecule has 1 N–H and O–H groups in total. The van der Waals surface area contributed by atoms with Crippen LogP contribution >= 0.6 is 0 Å². The van der Waals surface area contributed by atoms with Crippen molar-refractivity contribution in [1.29, 1.82) is 5.26 Å². The fourth-order valence-corrected chi connectivity index (χ4v) is 4.34. The van der Waals surface area contributed by atoms with Gasteiger partial charge in [-0.15, -0.1) is 0 Å². The van der Waals surface area contributed by atoms with Gasteiger partial charge in [0, 0.05) is 68.0 Å². The van der Waals surface area contributed by atoms with E-state index in [1.807, 2.05) is 24.5 Å². The minimum Gasteiger partial charge on any atom is -0.377 e. The molecule has 0 spiro atoms. The van der Waals surface area contributed by atoms with Gasteiger partial charge in [-0.2, -0.15) is 15.5 Å². The van der Waals surface area contributed by atoms with Crippen LogP contribution in [0.15, 0.2) is 49.1 Å². The minimum absolute atomic E-state index is 0.275. The van der Waals surface area contributed by atoms with E-state index in [1.54, 1.807) is 16.9 Å². The summed E-state index contributed by atoms with van der Waals surface area (Å²) in [4.78, 5) is 9.53. The number of rotatable bonds is 7. The van der Waals surface area contributed by atoms with Crippen LogP contribution in [0, 0.1) is 11.3 Å². The molecule has 1 aliphatic rings. The smallest absolute Gasteiger partial charge is 0.128 e. The van der Waals surface area contributed by atoms with E-state index in [0.717, 1.165) is 73.0 Å². The number of aromatic nitrogens is 5. The number of piperazine rings is 1. The summed E-state index contributed by atoms with van der Waals surface area (Å²) in [6, 6.07) is 10.3. The lowest BCUT2D eigenvalue weighted by atomic mass is 10.0. The highest BCUT2D eigenvalue weighted by molar-refractivity contribution is 5.87. The quantitative estimate of drug-likeness (QED) is 0.456. The van der Waals surface area contributed by atoms with Gasteiger partial charge in [0.2, 0.25) is 0 Å². The molecule has 0 aliphatic carbocycles. The van der Waals surface area contributed by atoms with Crippen molar-refractivity contribution in [2.24, 2.45) is 0 Å². The standard InChI is InChI=1S/C25H28N8O/c1-18(2)34-12-11-31-7-9-32(10-8-31)24-4-3-19(15-27-24)22-13-20(23-5-6-28-30-23)17-33-25(22)21(14-26)16-29-33/h3-6,13,15-18H,7-12H2,1-2H3,(H,28,30). The summed E-state index contributed by atoms with van der Waals surface area (Å²) in [5.41, 5.74) is 4.88. The Labute approximate surface area is 198 Å². The molecule has 0 bridgehead atoms. The first-order valence-electron chi connectivity index (χ1n) is 11.6. The fourth-order valence-electron chi connectivity index (χ4n) is 4.34. The van der Waals surface area contributed by atoms with Crippen LogP contribution in [0.4, 0.5) is 5.82 Å². The Balaban J connectivity index is 1.36. The number of aromatic amines is 1. The molecule has 5 rings (SSSR count). The molecule has 174 valence electrons. The van der Waals surface area contributed by atoms with Crippen molar-refractivity contribution < 1.29 is 4.74 Å². The molecule has 9 heteroatoms. The SMILES string of the molecule is CC(C)OCCN1CCN(c2ccc(-c3cc(-c4cc[nH]n4)cn4ncc(C#N)c34)cn2)CC1. The molecule has 0 saturated carbocycles. The van der Waals surface area contributed by atoms with Gasteiger partial charge in [0.05, 0.1) is 35.7 Å². The van der Waals surface area contributed by atoms with E-state index >= 15 is 0 Å². The highest BCUT2D eigenvalue weighted by atomic mass is 16.5. The zero-order valence-electron chi connectivity index (χ0n) is 19.5. The maximum Gasteiger partial charge on any atom is 0.128 e. The fraction of sp³-hybridized carbons (Fsp3) is 0.360. The van der Waals surface area contributed by atoms with Crippen molar-refractivity contribution >= 4 is 11.3 Å². The molecular weight excluding hydrogens is 428 g/mol. The summed E-state index contributed by atoms with van der Waals surface area (Å²) >= 11 is 0. The van der Waals surface area contributed by atoms with Crippen LogP contribution in [0.5, 0.6) is 0 Å². The topological polar surface area (TPSA) is 98.4 Å². The van der Waals surface area contributed by atoms with Crippen LogP contribution in [0.2, 0.25) is 0 Å². The van der Waals surface area contributed by atoms with Gasteiger partial charge in [0.25, 0.3) is 0 Å². The van der Waals surface area contributed by atoms with E-state index < -0.39 is 0 Å². The lowest BCUT2D eigenvalue weighted by Gasteiger charge is -2.35. The summed E-state index contributed by atoms with van der Waals surface area (Å²) in [5.74, 6) is 0.968. The molecule has 0 aromatic carbocycles. The molecule has 1 saturated heterocycles. The average Bonchev–Trinajstić information content (AvgIpc) is 3.54. The predicted octanol–water partition coefficient (Wildman–Crippen LogP) is 3.21. The van der Waals surface area contributed by atoms with E-state index in [-0.39, 0.29) is 6.10 Å². The first-order chi connectivity index (χ1) is 16.6. The molecule has 0 unspecified atom stereocenters. The Bertz CT molecular complexity index is 1280. The Morgan fingerprint density at radius 1 is 1.12 bits per heavy atom. The van der Waals surface area contributed by atoms with Crippen molar-refractivity contribution in [2.75, 3.05) is 44.2 Å². The highest BCUT2D eigenvalue weighted by Crippen LogP contribution is 2.31. The Kier molecular flexibility index (Phi) is 6.25. The lowest BCUT2D eigenvalue weighted by molar-refractivity contribution is 0.0578. The number of nitrogens with one attached hydrogen (secondary N) is 1. The summed E-state index contributed by atoms with van der Waals surface area (Å²) in [5, 5.41) is 21.2. The number of anilines is 1. The summed E-state index contributed by atoms with van der Waals surface area (Å²) in [7, 11) is 0. The number of nitriles is 1. The van der Waals surface area contributed by atoms with Crippen LogP contribution in [-0.2, 0) is 4.74 Å². The van der Waals surface area contributed by atoms with Crippen LogP contribution in [-0.4, -0.2) is 75.1 Å². The molecule has 4 aromatic heterocycles. The maximum absolute atomic E-state index is 9.61. The van der Waals surface area contributed by atoms with Crippen LogP contribution in [0.25, 0.3) is 27.9 Å². The van der Waals surface area contributed by atoms with Crippen molar-refractivity contribution in [3.63, 3.8) is 0 Å². The molecular formula is C25H28N8O. The second kappa shape index (κ2) is 9.63. The van der Waals surface area contributed by atoms with Gasteiger partial charge in [-0.05, 0) is 38.1 Å².